The highest BCUT2D eigenvalue weighted by molar-refractivity contribution is 5.96. The Balaban J connectivity index is 2.63. The number of hydrogen-bond acceptors (Lipinski definition) is 3. The zero-order valence-electron chi connectivity index (χ0n) is 13.0. The van der Waals surface area contributed by atoms with Crippen LogP contribution in [0.25, 0.3) is 0 Å². The lowest BCUT2D eigenvalue weighted by Gasteiger charge is -2.23. The molecule has 0 saturated carbocycles. The van der Waals surface area contributed by atoms with Crippen molar-refractivity contribution in [2.45, 2.75) is 52.7 Å². The van der Waals surface area contributed by atoms with E-state index >= 15 is 0 Å². The summed E-state index contributed by atoms with van der Waals surface area (Å²) in [6, 6.07) is 7.38. The number of carbonyl (C=O) groups is 1. The summed E-state index contributed by atoms with van der Waals surface area (Å²) in [4.78, 5) is 12.1. The van der Waals surface area contributed by atoms with Crippen molar-refractivity contribution in [2.75, 3.05) is 11.9 Å². The van der Waals surface area contributed by atoms with Crippen molar-refractivity contribution in [1.29, 1.82) is 0 Å². The molecule has 20 heavy (non-hydrogen) atoms. The topological polar surface area (TPSA) is 47.6 Å². The summed E-state index contributed by atoms with van der Waals surface area (Å²) in [6.07, 6.45) is 1.15. The van der Waals surface area contributed by atoms with E-state index in [0.29, 0.717) is 6.61 Å². The van der Waals surface area contributed by atoms with Crippen LogP contribution >= 0.6 is 0 Å². The fourth-order valence-electron chi connectivity index (χ4n) is 1.64. The maximum absolute atomic E-state index is 12.1. The van der Waals surface area contributed by atoms with Crippen LogP contribution in [0.2, 0.25) is 0 Å². The van der Waals surface area contributed by atoms with Crippen molar-refractivity contribution in [1.82, 2.24) is 0 Å². The Morgan fingerprint density at radius 3 is 2.35 bits per heavy atom. The predicted molar refractivity (Wildman–Crippen MR) is 81.2 cm³/mol. The largest absolute Gasteiger partial charge is 0.491 e. The lowest BCUT2D eigenvalue weighted by molar-refractivity contribution is -0.136. The number of anilines is 1. The van der Waals surface area contributed by atoms with E-state index in [1.165, 1.54) is 0 Å². The van der Waals surface area contributed by atoms with E-state index in [0.717, 1.165) is 17.9 Å². The number of rotatable bonds is 7. The lowest BCUT2D eigenvalue weighted by atomic mass is 10.1. The first-order chi connectivity index (χ1) is 9.39. The van der Waals surface area contributed by atoms with Gasteiger partial charge in [-0.15, -0.1) is 0 Å². The van der Waals surface area contributed by atoms with Crippen molar-refractivity contribution in [3.05, 3.63) is 24.3 Å². The molecule has 1 rings (SSSR count). The number of hydrogen-bond donors (Lipinski definition) is 1. The molecule has 0 saturated heterocycles. The summed E-state index contributed by atoms with van der Waals surface area (Å²) in [5, 5.41) is 2.84. The average molecular weight is 279 g/mol. The number of carbonyl (C=O) groups excluding carboxylic acids is 1. The van der Waals surface area contributed by atoms with Crippen LogP contribution in [0.4, 0.5) is 5.69 Å². The molecule has 0 unspecified atom stereocenters. The summed E-state index contributed by atoms with van der Waals surface area (Å²) >= 11 is 0. The van der Waals surface area contributed by atoms with Gasteiger partial charge >= 0.3 is 0 Å². The molecule has 1 atom stereocenters. The highest BCUT2D eigenvalue weighted by Crippen LogP contribution is 2.19. The third-order valence-corrected chi connectivity index (χ3v) is 3.08. The third-order valence-electron chi connectivity index (χ3n) is 3.08. The number of ether oxygens (including phenoxy) is 2. The van der Waals surface area contributed by atoms with Gasteiger partial charge in [-0.3, -0.25) is 4.79 Å². The fraction of sp³-hybridized carbons (Fsp3) is 0.562. The molecule has 0 bridgehead atoms. The molecule has 1 N–H and O–H groups in total. The first-order valence-electron chi connectivity index (χ1n) is 7.11. The van der Waals surface area contributed by atoms with Gasteiger partial charge in [0.15, 0.2) is 0 Å². The van der Waals surface area contributed by atoms with Crippen LogP contribution in [0.3, 0.4) is 0 Å². The third kappa shape index (κ3) is 4.85. The van der Waals surface area contributed by atoms with E-state index in [9.17, 15) is 4.79 Å². The van der Waals surface area contributed by atoms with Crippen LogP contribution in [0.5, 0.6) is 5.75 Å². The minimum atomic E-state index is -0.833. The van der Waals surface area contributed by atoms with Crippen LogP contribution in [-0.2, 0) is 9.53 Å². The quantitative estimate of drug-likeness (QED) is 0.829. The van der Waals surface area contributed by atoms with Crippen molar-refractivity contribution in [2.24, 2.45) is 0 Å². The minimum absolute atomic E-state index is 0.157. The second-order valence-corrected chi connectivity index (χ2v) is 5.26. The molecule has 112 valence electrons. The molecular formula is C16H25NO3. The molecule has 0 fully saturated rings. The lowest BCUT2D eigenvalue weighted by Crippen LogP contribution is -2.39. The summed E-state index contributed by atoms with van der Waals surface area (Å²) in [5.41, 5.74) is -0.0972. The molecule has 0 heterocycles. The number of nitrogens with one attached hydrogen (secondary N) is 1. The zero-order valence-corrected chi connectivity index (χ0v) is 13.0. The van der Waals surface area contributed by atoms with Crippen molar-refractivity contribution >= 4 is 11.6 Å². The molecule has 0 aliphatic carbocycles. The van der Waals surface area contributed by atoms with Gasteiger partial charge in [0.25, 0.3) is 5.91 Å². The molecule has 0 aliphatic heterocycles. The second kappa shape index (κ2) is 7.29. The van der Waals surface area contributed by atoms with Gasteiger partial charge in [-0.2, -0.15) is 0 Å². The summed E-state index contributed by atoms with van der Waals surface area (Å²) in [7, 11) is 0. The van der Waals surface area contributed by atoms with Crippen molar-refractivity contribution < 1.29 is 14.3 Å². The molecular weight excluding hydrogens is 254 g/mol. The van der Waals surface area contributed by atoms with Crippen LogP contribution in [0, 0.1) is 0 Å². The van der Waals surface area contributed by atoms with Crippen LogP contribution < -0.4 is 10.1 Å². The van der Waals surface area contributed by atoms with E-state index < -0.39 is 5.60 Å². The SMILES string of the molecule is CCOC(C)(C)C(=O)Nc1ccc(O[C@@H](C)CC)cc1. The van der Waals surface area contributed by atoms with E-state index in [2.05, 4.69) is 12.2 Å². The highest BCUT2D eigenvalue weighted by Gasteiger charge is 2.27. The number of benzene rings is 1. The first-order valence-corrected chi connectivity index (χ1v) is 7.11. The van der Waals surface area contributed by atoms with E-state index in [4.69, 9.17) is 9.47 Å². The Morgan fingerprint density at radius 2 is 1.85 bits per heavy atom. The van der Waals surface area contributed by atoms with Crippen molar-refractivity contribution in [3.8, 4) is 5.75 Å². The van der Waals surface area contributed by atoms with Crippen LogP contribution in [0.15, 0.2) is 24.3 Å². The van der Waals surface area contributed by atoms with Gasteiger partial charge in [0.05, 0.1) is 6.10 Å². The Kier molecular flexibility index (Phi) is 6.02. The standard InChI is InChI=1S/C16H25NO3/c1-6-12(3)20-14-10-8-13(9-11-14)17-15(18)16(4,5)19-7-2/h8-12H,6-7H2,1-5H3,(H,17,18)/t12-/m0/s1. The van der Waals surface area contributed by atoms with Crippen molar-refractivity contribution in [3.63, 3.8) is 0 Å². The molecule has 0 aliphatic rings. The van der Waals surface area contributed by atoms with Gasteiger partial charge in [0, 0.05) is 12.3 Å². The summed E-state index contributed by atoms with van der Waals surface area (Å²) in [5.74, 6) is 0.649. The van der Waals surface area contributed by atoms with Gasteiger partial charge in [0.2, 0.25) is 0 Å². The van der Waals surface area contributed by atoms with E-state index in [1.54, 1.807) is 13.8 Å². The Labute approximate surface area is 121 Å². The first kappa shape index (κ1) is 16.5. The normalized spacial score (nSPS) is 12.8. The Morgan fingerprint density at radius 1 is 1.25 bits per heavy atom. The van der Waals surface area contributed by atoms with Gasteiger partial charge in [0.1, 0.15) is 11.4 Å². The van der Waals surface area contributed by atoms with Gasteiger partial charge in [-0.1, -0.05) is 6.92 Å². The van der Waals surface area contributed by atoms with Gasteiger partial charge < -0.3 is 14.8 Å². The summed E-state index contributed by atoms with van der Waals surface area (Å²) < 4.78 is 11.1. The Hall–Kier alpha value is -1.55. The smallest absolute Gasteiger partial charge is 0.256 e. The molecule has 4 nitrogen and oxygen atoms in total. The average Bonchev–Trinajstić information content (AvgIpc) is 2.40. The van der Waals surface area contributed by atoms with Crippen LogP contribution in [0.1, 0.15) is 41.0 Å². The molecule has 0 aromatic heterocycles. The molecule has 0 radical (unpaired) electrons. The van der Waals surface area contributed by atoms with E-state index in [1.807, 2.05) is 38.1 Å². The van der Waals surface area contributed by atoms with Gasteiger partial charge in [-0.05, 0) is 58.4 Å². The maximum atomic E-state index is 12.1. The van der Waals surface area contributed by atoms with Crippen LogP contribution in [-0.4, -0.2) is 24.2 Å². The molecule has 4 heteroatoms. The molecule has 1 aromatic carbocycles. The fourth-order valence-corrected chi connectivity index (χ4v) is 1.64. The highest BCUT2D eigenvalue weighted by atomic mass is 16.5. The summed E-state index contributed by atoms with van der Waals surface area (Å²) in [6.45, 7) is 9.99. The second-order valence-electron chi connectivity index (χ2n) is 5.26. The Bertz CT molecular complexity index is 426. The minimum Gasteiger partial charge on any atom is -0.491 e. The maximum Gasteiger partial charge on any atom is 0.256 e. The van der Waals surface area contributed by atoms with Gasteiger partial charge in [-0.25, -0.2) is 0 Å². The molecule has 0 spiro atoms. The monoisotopic (exact) mass is 279 g/mol. The zero-order chi connectivity index (χ0) is 15.2. The number of amides is 1. The molecule has 1 amide bonds. The van der Waals surface area contributed by atoms with E-state index in [-0.39, 0.29) is 12.0 Å². The molecule has 1 aromatic rings. The predicted octanol–water partition coefficient (Wildman–Crippen LogP) is 3.62.